The van der Waals surface area contributed by atoms with E-state index < -0.39 is 0 Å². The van der Waals surface area contributed by atoms with Crippen LogP contribution in [-0.4, -0.2) is 0 Å². The molecule has 0 aromatic heterocycles. The lowest BCUT2D eigenvalue weighted by molar-refractivity contribution is 1.61. The minimum absolute atomic E-state index is 1.22. The fraction of sp³-hybridized carbons (Fsp3) is 0. The molecule has 0 aliphatic heterocycles. The smallest absolute Gasteiger partial charge is 0.00261 e. The van der Waals surface area contributed by atoms with Gasteiger partial charge in [0, 0.05) is 0 Å². The summed E-state index contributed by atoms with van der Waals surface area (Å²) in [5, 5.41) is 10.1. The molecule has 0 radical (unpaired) electrons. The molecule has 0 bridgehead atoms. The van der Waals surface area contributed by atoms with Crippen LogP contribution in [-0.2, 0) is 0 Å². The minimum Gasteiger partial charge on any atom is -0.0622 e. The first kappa shape index (κ1) is 30.1. The topological polar surface area (TPSA) is 0 Å². The highest BCUT2D eigenvalue weighted by Gasteiger charge is 2.18. The lowest BCUT2D eigenvalue weighted by Crippen LogP contribution is -1.92. The van der Waals surface area contributed by atoms with E-state index in [9.17, 15) is 0 Å². The molecule has 0 unspecified atom stereocenters. The highest BCUT2D eigenvalue weighted by molar-refractivity contribution is 6.22. The van der Waals surface area contributed by atoms with Crippen molar-refractivity contribution >= 4 is 43.1 Å². The summed E-state index contributed by atoms with van der Waals surface area (Å²) >= 11 is 0. The molecule has 52 heavy (non-hydrogen) atoms. The Morgan fingerprint density at radius 2 is 0.577 bits per heavy atom. The predicted molar refractivity (Wildman–Crippen MR) is 224 cm³/mol. The standard InChI is InChI=1S/C52H34/c1-2-12-35(13-3-1)42-32-33-49-50(34-42)52(41-30-26-39(27-31-41)46-23-11-17-37-15-5-7-19-44(37)46)48-21-9-8-20-47(48)51(49)40-28-24-38(25-29-40)45-22-10-16-36-14-4-6-18-43(36)45/h1-34H. The average molecular weight is 659 g/mol. The third kappa shape index (κ3) is 5.08. The normalized spacial score (nSPS) is 11.5. The van der Waals surface area contributed by atoms with Crippen molar-refractivity contribution in [2.75, 3.05) is 0 Å². The van der Waals surface area contributed by atoms with Crippen molar-refractivity contribution in [1.29, 1.82) is 0 Å². The summed E-state index contributed by atoms with van der Waals surface area (Å²) in [7, 11) is 0. The van der Waals surface area contributed by atoms with Crippen molar-refractivity contribution in [2.45, 2.75) is 0 Å². The van der Waals surface area contributed by atoms with Crippen LogP contribution in [0.5, 0.6) is 0 Å². The van der Waals surface area contributed by atoms with Crippen LogP contribution in [0.4, 0.5) is 0 Å². The van der Waals surface area contributed by atoms with E-state index in [1.807, 2.05) is 0 Å². The largest absolute Gasteiger partial charge is 0.0622 e. The zero-order valence-electron chi connectivity index (χ0n) is 28.6. The molecule has 242 valence electrons. The lowest BCUT2D eigenvalue weighted by Gasteiger charge is -2.19. The predicted octanol–water partition coefficient (Wildman–Crippen LogP) is 14.6. The van der Waals surface area contributed by atoms with Gasteiger partial charge in [-0.2, -0.15) is 0 Å². The van der Waals surface area contributed by atoms with Gasteiger partial charge < -0.3 is 0 Å². The molecule has 0 fully saturated rings. The second kappa shape index (κ2) is 12.5. The van der Waals surface area contributed by atoms with E-state index >= 15 is 0 Å². The molecule has 0 aliphatic carbocycles. The van der Waals surface area contributed by atoms with E-state index in [0.717, 1.165) is 0 Å². The van der Waals surface area contributed by atoms with Gasteiger partial charge in [0.25, 0.3) is 0 Å². The molecule has 0 heteroatoms. The third-order valence-corrected chi connectivity index (χ3v) is 10.7. The zero-order chi connectivity index (χ0) is 34.4. The van der Waals surface area contributed by atoms with Crippen molar-refractivity contribution in [2.24, 2.45) is 0 Å². The quantitative estimate of drug-likeness (QED) is 0.161. The molecule has 0 N–H and O–H groups in total. The first-order valence-corrected chi connectivity index (χ1v) is 18.0. The molecular formula is C52H34. The van der Waals surface area contributed by atoms with Gasteiger partial charge >= 0.3 is 0 Å². The number of hydrogen-bond donors (Lipinski definition) is 0. The molecule has 10 aromatic carbocycles. The van der Waals surface area contributed by atoms with Gasteiger partial charge in [-0.15, -0.1) is 0 Å². The molecule has 0 spiro atoms. The molecule has 0 atom stereocenters. The van der Waals surface area contributed by atoms with E-state index in [4.69, 9.17) is 0 Å². The lowest BCUT2D eigenvalue weighted by atomic mass is 9.84. The van der Waals surface area contributed by atoms with Gasteiger partial charge in [-0.25, -0.2) is 0 Å². The van der Waals surface area contributed by atoms with Crippen molar-refractivity contribution in [3.05, 3.63) is 206 Å². The van der Waals surface area contributed by atoms with Gasteiger partial charge in [-0.05, 0) is 105 Å². The maximum Gasteiger partial charge on any atom is -0.00261 e. The van der Waals surface area contributed by atoms with E-state index in [2.05, 4.69) is 206 Å². The SMILES string of the molecule is c1ccc(-c2ccc3c(-c4ccc(-c5cccc6ccccc56)cc4)c4ccccc4c(-c4ccc(-c5cccc6ccccc56)cc4)c3c2)cc1. The van der Waals surface area contributed by atoms with Crippen LogP contribution >= 0.6 is 0 Å². The second-order valence-electron chi connectivity index (χ2n) is 13.6. The number of hydrogen-bond acceptors (Lipinski definition) is 0. The number of fused-ring (bicyclic) bond motifs is 4. The Morgan fingerprint density at radius 1 is 0.192 bits per heavy atom. The molecule has 0 saturated heterocycles. The third-order valence-electron chi connectivity index (χ3n) is 10.7. The number of rotatable bonds is 5. The fourth-order valence-electron chi connectivity index (χ4n) is 8.20. The fourth-order valence-corrected chi connectivity index (χ4v) is 8.20. The van der Waals surface area contributed by atoms with Crippen LogP contribution in [0.25, 0.3) is 98.7 Å². The molecule has 10 rings (SSSR count). The molecule has 0 amide bonds. The van der Waals surface area contributed by atoms with Gasteiger partial charge in [-0.1, -0.05) is 200 Å². The van der Waals surface area contributed by atoms with Crippen LogP contribution in [0.15, 0.2) is 206 Å². The Labute approximate surface area is 303 Å². The van der Waals surface area contributed by atoms with Crippen molar-refractivity contribution in [3.63, 3.8) is 0 Å². The number of benzene rings is 10. The average Bonchev–Trinajstić information content (AvgIpc) is 3.23. The van der Waals surface area contributed by atoms with E-state index in [-0.39, 0.29) is 0 Å². The molecular weight excluding hydrogens is 625 g/mol. The summed E-state index contributed by atoms with van der Waals surface area (Å²) < 4.78 is 0. The monoisotopic (exact) mass is 658 g/mol. The van der Waals surface area contributed by atoms with Gasteiger partial charge in [0.1, 0.15) is 0 Å². The zero-order valence-corrected chi connectivity index (χ0v) is 28.6. The van der Waals surface area contributed by atoms with E-state index in [1.54, 1.807) is 0 Å². The maximum atomic E-state index is 2.40. The molecule has 0 heterocycles. The Morgan fingerprint density at radius 3 is 1.12 bits per heavy atom. The van der Waals surface area contributed by atoms with Crippen LogP contribution in [0.2, 0.25) is 0 Å². The molecule has 0 saturated carbocycles. The summed E-state index contributed by atoms with van der Waals surface area (Å²) in [6.07, 6.45) is 0. The minimum atomic E-state index is 1.22. The summed E-state index contributed by atoms with van der Waals surface area (Å²) in [5.74, 6) is 0. The molecule has 10 aromatic rings. The summed E-state index contributed by atoms with van der Waals surface area (Å²) in [6, 6.07) is 75.5. The van der Waals surface area contributed by atoms with E-state index in [1.165, 1.54) is 98.7 Å². The Kier molecular flexibility index (Phi) is 7.25. The van der Waals surface area contributed by atoms with Gasteiger partial charge in [0.2, 0.25) is 0 Å². The van der Waals surface area contributed by atoms with Crippen LogP contribution in [0.3, 0.4) is 0 Å². The Hall–Kier alpha value is -6.76. The van der Waals surface area contributed by atoms with E-state index in [0.29, 0.717) is 0 Å². The van der Waals surface area contributed by atoms with Gasteiger partial charge in [0.05, 0.1) is 0 Å². The van der Waals surface area contributed by atoms with Gasteiger partial charge in [-0.3, -0.25) is 0 Å². The summed E-state index contributed by atoms with van der Waals surface area (Å²) in [4.78, 5) is 0. The Bertz CT molecular complexity index is 2900. The summed E-state index contributed by atoms with van der Waals surface area (Å²) in [6.45, 7) is 0. The van der Waals surface area contributed by atoms with Crippen LogP contribution in [0.1, 0.15) is 0 Å². The van der Waals surface area contributed by atoms with Crippen LogP contribution in [0, 0.1) is 0 Å². The molecule has 0 nitrogen and oxygen atoms in total. The highest BCUT2D eigenvalue weighted by atomic mass is 14.2. The van der Waals surface area contributed by atoms with Crippen molar-refractivity contribution in [3.8, 4) is 55.6 Å². The first-order chi connectivity index (χ1) is 25.8. The summed E-state index contributed by atoms with van der Waals surface area (Å²) in [5.41, 5.74) is 12.4. The van der Waals surface area contributed by atoms with Gasteiger partial charge in [0.15, 0.2) is 0 Å². The van der Waals surface area contributed by atoms with Crippen molar-refractivity contribution < 1.29 is 0 Å². The Balaban J connectivity index is 1.18. The van der Waals surface area contributed by atoms with Crippen molar-refractivity contribution in [1.82, 2.24) is 0 Å². The highest BCUT2D eigenvalue weighted by Crippen LogP contribution is 2.45. The van der Waals surface area contributed by atoms with Crippen LogP contribution < -0.4 is 0 Å². The maximum absolute atomic E-state index is 2.40. The second-order valence-corrected chi connectivity index (χ2v) is 13.6. The molecule has 0 aliphatic rings. The first-order valence-electron chi connectivity index (χ1n) is 18.0.